The molecule has 1 aromatic carbocycles. The highest BCUT2D eigenvalue weighted by Gasteiger charge is 2.14. The van der Waals surface area contributed by atoms with Gasteiger partial charge < -0.3 is 0 Å². The Kier molecular flexibility index (Phi) is 3.65. The van der Waals surface area contributed by atoms with Gasteiger partial charge in [0.15, 0.2) is 5.78 Å². The summed E-state index contributed by atoms with van der Waals surface area (Å²) in [7, 11) is 1.85. The summed E-state index contributed by atoms with van der Waals surface area (Å²) in [4.78, 5) is 12.2. The lowest BCUT2D eigenvalue weighted by Crippen LogP contribution is -1.99. The number of benzene rings is 1. The minimum atomic E-state index is 0.00340. The fourth-order valence-corrected chi connectivity index (χ4v) is 2.06. The fourth-order valence-electron chi connectivity index (χ4n) is 2.06. The highest BCUT2D eigenvalue weighted by Crippen LogP contribution is 2.14. The number of carbonyl (C=O) groups excluding carboxylic acids is 1. The summed E-state index contributed by atoms with van der Waals surface area (Å²) in [6.07, 6.45) is 3.45. The van der Waals surface area contributed by atoms with E-state index in [-0.39, 0.29) is 5.78 Å². The Morgan fingerprint density at radius 3 is 2.32 bits per heavy atom. The average molecular weight is 254 g/mol. The van der Waals surface area contributed by atoms with Gasteiger partial charge in [-0.15, -0.1) is 0 Å². The van der Waals surface area contributed by atoms with Crippen LogP contribution in [0.5, 0.6) is 0 Å². The van der Waals surface area contributed by atoms with E-state index in [0.29, 0.717) is 5.56 Å². The van der Waals surface area contributed by atoms with Gasteiger partial charge in [0.2, 0.25) is 0 Å². The molecule has 2 aromatic rings. The fraction of sp³-hybridized carbons (Fsp3) is 0.250. The Labute approximate surface area is 113 Å². The molecule has 3 nitrogen and oxygen atoms in total. The lowest BCUT2D eigenvalue weighted by molar-refractivity contribution is 0.104. The molecule has 19 heavy (non-hydrogen) atoms. The molecule has 0 aliphatic rings. The van der Waals surface area contributed by atoms with Gasteiger partial charge in [-0.1, -0.05) is 35.9 Å². The van der Waals surface area contributed by atoms with Crippen molar-refractivity contribution in [3.8, 4) is 0 Å². The summed E-state index contributed by atoms with van der Waals surface area (Å²) in [5.74, 6) is 0.00340. The van der Waals surface area contributed by atoms with Gasteiger partial charge in [0.25, 0.3) is 0 Å². The Morgan fingerprint density at radius 1 is 1.16 bits per heavy atom. The summed E-state index contributed by atoms with van der Waals surface area (Å²) in [6.45, 7) is 5.81. The zero-order chi connectivity index (χ0) is 14.0. The maximum atomic E-state index is 12.2. The van der Waals surface area contributed by atoms with Gasteiger partial charge >= 0.3 is 0 Å². The van der Waals surface area contributed by atoms with Crippen molar-refractivity contribution in [3.63, 3.8) is 0 Å². The first kappa shape index (κ1) is 13.3. The monoisotopic (exact) mass is 254 g/mol. The van der Waals surface area contributed by atoms with Crippen LogP contribution in [-0.4, -0.2) is 15.6 Å². The third-order valence-corrected chi connectivity index (χ3v) is 3.26. The molecule has 0 bridgehead atoms. The second-order valence-corrected chi connectivity index (χ2v) is 4.78. The Hall–Kier alpha value is -2.16. The van der Waals surface area contributed by atoms with Crippen LogP contribution in [-0.2, 0) is 7.05 Å². The van der Waals surface area contributed by atoms with Gasteiger partial charge in [-0.3, -0.25) is 9.48 Å². The summed E-state index contributed by atoms with van der Waals surface area (Å²) < 4.78 is 1.74. The van der Waals surface area contributed by atoms with Gasteiger partial charge in [-0.25, -0.2) is 0 Å². The van der Waals surface area contributed by atoms with Gasteiger partial charge in [-0.2, -0.15) is 5.10 Å². The first-order valence-electron chi connectivity index (χ1n) is 6.28. The van der Waals surface area contributed by atoms with E-state index in [2.05, 4.69) is 5.10 Å². The van der Waals surface area contributed by atoms with Crippen molar-refractivity contribution in [2.45, 2.75) is 20.8 Å². The molecule has 0 N–H and O–H groups in total. The third-order valence-electron chi connectivity index (χ3n) is 3.26. The number of hydrogen-bond acceptors (Lipinski definition) is 2. The number of carbonyl (C=O) groups is 1. The van der Waals surface area contributed by atoms with Crippen LogP contribution in [0.3, 0.4) is 0 Å². The molecule has 0 saturated carbocycles. The zero-order valence-corrected chi connectivity index (χ0v) is 11.8. The Bertz CT molecular complexity index is 634. The highest BCUT2D eigenvalue weighted by molar-refractivity contribution is 6.08. The van der Waals surface area contributed by atoms with Gasteiger partial charge in [0.05, 0.1) is 11.3 Å². The first-order valence-corrected chi connectivity index (χ1v) is 6.28. The van der Waals surface area contributed by atoms with E-state index in [1.165, 1.54) is 5.56 Å². The summed E-state index contributed by atoms with van der Waals surface area (Å²) in [6, 6.07) is 8.07. The maximum Gasteiger partial charge on any atom is 0.189 e. The lowest BCUT2D eigenvalue weighted by atomic mass is 10.1. The maximum absolute atomic E-state index is 12.2. The van der Waals surface area contributed by atoms with E-state index in [0.717, 1.165) is 17.0 Å². The first-order chi connectivity index (χ1) is 8.99. The largest absolute Gasteiger partial charge is 0.289 e. The molecule has 0 aliphatic heterocycles. The van der Waals surface area contributed by atoms with Crippen LogP contribution < -0.4 is 0 Å². The SMILES string of the molecule is Cc1ccc(/C=C/C(=O)c2c(C)nn(C)c2C)cc1. The van der Waals surface area contributed by atoms with Crippen LogP contribution >= 0.6 is 0 Å². The van der Waals surface area contributed by atoms with Crippen molar-refractivity contribution in [3.05, 3.63) is 58.4 Å². The molecule has 0 fully saturated rings. The molecule has 0 saturated heterocycles. The minimum Gasteiger partial charge on any atom is -0.289 e. The molecule has 0 atom stereocenters. The van der Waals surface area contributed by atoms with Crippen LogP contribution in [0.2, 0.25) is 0 Å². The van der Waals surface area contributed by atoms with Crippen molar-refractivity contribution in [2.24, 2.45) is 7.05 Å². The number of aryl methyl sites for hydroxylation is 3. The molecule has 0 unspecified atom stereocenters. The molecule has 0 radical (unpaired) electrons. The third kappa shape index (κ3) is 2.81. The lowest BCUT2D eigenvalue weighted by Gasteiger charge is -1.97. The van der Waals surface area contributed by atoms with E-state index in [1.54, 1.807) is 10.8 Å². The van der Waals surface area contributed by atoms with E-state index < -0.39 is 0 Å². The molecule has 3 heteroatoms. The van der Waals surface area contributed by atoms with Gasteiger partial charge in [0.1, 0.15) is 0 Å². The smallest absolute Gasteiger partial charge is 0.189 e. The number of allylic oxidation sites excluding steroid dienone is 1. The summed E-state index contributed by atoms with van der Waals surface area (Å²) in [5.41, 5.74) is 4.61. The van der Waals surface area contributed by atoms with E-state index in [1.807, 2.05) is 58.2 Å². The highest BCUT2D eigenvalue weighted by atomic mass is 16.1. The molecule has 98 valence electrons. The minimum absolute atomic E-state index is 0.00340. The second kappa shape index (κ2) is 5.22. The standard InChI is InChI=1S/C16H18N2O/c1-11-5-7-14(8-6-11)9-10-15(19)16-12(2)17-18(4)13(16)3/h5-10H,1-4H3/b10-9+. The predicted octanol–water partition coefficient (Wildman–Crippen LogP) is 3.24. The van der Waals surface area contributed by atoms with E-state index in [9.17, 15) is 4.79 Å². The number of aromatic nitrogens is 2. The molecule has 1 heterocycles. The normalized spacial score (nSPS) is 11.2. The zero-order valence-electron chi connectivity index (χ0n) is 11.8. The molecule has 0 amide bonds. The summed E-state index contributed by atoms with van der Waals surface area (Å²) in [5, 5.41) is 4.26. The van der Waals surface area contributed by atoms with Crippen molar-refractivity contribution in [1.82, 2.24) is 9.78 Å². The molecule has 2 rings (SSSR count). The topological polar surface area (TPSA) is 34.9 Å². The Morgan fingerprint density at radius 2 is 1.79 bits per heavy atom. The van der Waals surface area contributed by atoms with Gasteiger partial charge in [-0.05, 0) is 32.4 Å². The molecular weight excluding hydrogens is 236 g/mol. The number of hydrogen-bond donors (Lipinski definition) is 0. The van der Waals surface area contributed by atoms with E-state index in [4.69, 9.17) is 0 Å². The van der Waals surface area contributed by atoms with Crippen LogP contribution in [0.25, 0.3) is 6.08 Å². The average Bonchev–Trinajstić information content (AvgIpc) is 2.62. The van der Waals surface area contributed by atoms with Crippen LogP contribution in [0.4, 0.5) is 0 Å². The van der Waals surface area contributed by atoms with E-state index >= 15 is 0 Å². The molecule has 0 aliphatic carbocycles. The molecule has 0 spiro atoms. The number of rotatable bonds is 3. The molecule has 1 aromatic heterocycles. The number of ketones is 1. The second-order valence-electron chi connectivity index (χ2n) is 4.78. The van der Waals surface area contributed by atoms with Crippen molar-refractivity contribution in [1.29, 1.82) is 0 Å². The Balaban J connectivity index is 2.23. The van der Waals surface area contributed by atoms with Crippen LogP contribution in [0.1, 0.15) is 32.9 Å². The van der Waals surface area contributed by atoms with Crippen LogP contribution in [0.15, 0.2) is 30.3 Å². The van der Waals surface area contributed by atoms with Crippen LogP contribution in [0, 0.1) is 20.8 Å². The number of nitrogens with zero attached hydrogens (tertiary/aromatic N) is 2. The quantitative estimate of drug-likeness (QED) is 0.622. The van der Waals surface area contributed by atoms with Crippen molar-refractivity contribution >= 4 is 11.9 Å². The molecular formula is C16H18N2O. The summed E-state index contributed by atoms with van der Waals surface area (Å²) >= 11 is 0. The van der Waals surface area contributed by atoms with Crippen molar-refractivity contribution < 1.29 is 4.79 Å². The predicted molar refractivity (Wildman–Crippen MR) is 77.2 cm³/mol. The van der Waals surface area contributed by atoms with Crippen molar-refractivity contribution in [2.75, 3.05) is 0 Å². The van der Waals surface area contributed by atoms with Gasteiger partial charge in [0, 0.05) is 12.7 Å².